The lowest BCUT2D eigenvalue weighted by molar-refractivity contribution is -0.122. The van der Waals surface area contributed by atoms with Crippen molar-refractivity contribution < 1.29 is 4.79 Å². The number of hydrogen-bond donors (Lipinski definition) is 3. The van der Waals surface area contributed by atoms with Crippen LogP contribution < -0.4 is 16.0 Å². The van der Waals surface area contributed by atoms with Crippen LogP contribution in [0.1, 0.15) is 19.8 Å². The predicted molar refractivity (Wildman–Crippen MR) is 99.6 cm³/mol. The maximum Gasteiger partial charge on any atom is 0.223 e. The summed E-state index contributed by atoms with van der Waals surface area (Å²) in [6, 6.07) is 4.03. The van der Waals surface area contributed by atoms with Crippen molar-refractivity contribution in [1.29, 1.82) is 0 Å². The molecule has 0 saturated heterocycles. The molecule has 0 unspecified atom stereocenters. The van der Waals surface area contributed by atoms with Crippen LogP contribution >= 0.6 is 24.0 Å². The fourth-order valence-electron chi connectivity index (χ4n) is 2.00. The van der Waals surface area contributed by atoms with Gasteiger partial charge in [0.15, 0.2) is 5.96 Å². The number of nitrogens with zero attached hydrogens (tertiary/aromatic N) is 2. The van der Waals surface area contributed by atoms with E-state index in [4.69, 9.17) is 0 Å². The van der Waals surface area contributed by atoms with E-state index in [-0.39, 0.29) is 35.8 Å². The van der Waals surface area contributed by atoms with E-state index < -0.39 is 0 Å². The van der Waals surface area contributed by atoms with Gasteiger partial charge in [-0.15, -0.1) is 24.0 Å². The first-order valence-corrected chi connectivity index (χ1v) is 7.70. The number of guanidine groups is 1. The standard InChI is InChI=1S/C15H25N5O.HI/c1-2-16-15(19-9-12-20-10-3-4-11-20)18-8-7-17-14(21)13-5-6-13;/h3-4,10-11,13H,2,5-9,12H2,1H3,(H,17,21)(H2,16,18,19);1H. The van der Waals surface area contributed by atoms with Crippen LogP contribution in [-0.2, 0) is 11.3 Å². The Balaban J connectivity index is 0.00000242. The minimum atomic E-state index is 0. The van der Waals surface area contributed by atoms with Gasteiger partial charge in [-0.1, -0.05) is 0 Å². The Morgan fingerprint density at radius 3 is 2.55 bits per heavy atom. The molecule has 0 atom stereocenters. The number of rotatable bonds is 8. The first-order valence-electron chi connectivity index (χ1n) is 7.70. The maximum atomic E-state index is 11.5. The Kier molecular flexibility index (Phi) is 8.95. The molecule has 0 bridgehead atoms. The lowest BCUT2D eigenvalue weighted by atomic mass is 10.4. The lowest BCUT2D eigenvalue weighted by Crippen LogP contribution is -2.39. The summed E-state index contributed by atoms with van der Waals surface area (Å²) in [7, 11) is 0. The zero-order valence-corrected chi connectivity index (χ0v) is 15.4. The summed E-state index contributed by atoms with van der Waals surface area (Å²) in [5.74, 6) is 1.24. The molecule has 1 heterocycles. The summed E-state index contributed by atoms with van der Waals surface area (Å²) < 4.78 is 2.12. The third kappa shape index (κ3) is 7.15. The number of aliphatic imine (C=N–C) groups is 1. The van der Waals surface area contributed by atoms with Gasteiger partial charge in [0.2, 0.25) is 5.91 Å². The van der Waals surface area contributed by atoms with Crippen molar-refractivity contribution in [2.45, 2.75) is 26.3 Å². The number of aromatic nitrogens is 1. The fourth-order valence-corrected chi connectivity index (χ4v) is 2.00. The average Bonchev–Trinajstić information content (AvgIpc) is 3.21. The Morgan fingerprint density at radius 2 is 1.91 bits per heavy atom. The number of hydrogen-bond acceptors (Lipinski definition) is 2. The van der Waals surface area contributed by atoms with Gasteiger partial charge in [0.05, 0.1) is 6.54 Å². The Hall–Kier alpha value is -1.25. The number of nitrogens with one attached hydrogen (secondary N) is 3. The third-order valence-corrected chi connectivity index (χ3v) is 3.30. The van der Waals surface area contributed by atoms with Crippen molar-refractivity contribution in [2.24, 2.45) is 10.9 Å². The molecule has 0 aromatic carbocycles. The van der Waals surface area contributed by atoms with Crippen LogP contribution in [0.4, 0.5) is 0 Å². The van der Waals surface area contributed by atoms with Crippen molar-refractivity contribution in [2.75, 3.05) is 26.2 Å². The molecule has 0 aliphatic heterocycles. The van der Waals surface area contributed by atoms with Crippen molar-refractivity contribution in [3.05, 3.63) is 24.5 Å². The first-order chi connectivity index (χ1) is 10.3. The summed E-state index contributed by atoms with van der Waals surface area (Å²) in [6.45, 7) is 5.77. The molecule has 1 aliphatic carbocycles. The molecule has 1 amide bonds. The Morgan fingerprint density at radius 1 is 1.18 bits per heavy atom. The van der Waals surface area contributed by atoms with E-state index in [1.165, 1.54) is 0 Å². The molecule has 2 rings (SSSR count). The summed E-state index contributed by atoms with van der Waals surface area (Å²) in [4.78, 5) is 15.9. The van der Waals surface area contributed by atoms with E-state index in [1.807, 2.05) is 31.5 Å². The number of halogens is 1. The van der Waals surface area contributed by atoms with Crippen LogP contribution in [0.5, 0.6) is 0 Å². The van der Waals surface area contributed by atoms with Gasteiger partial charge in [0.25, 0.3) is 0 Å². The molecule has 1 aromatic heterocycles. The monoisotopic (exact) mass is 419 g/mol. The molecule has 22 heavy (non-hydrogen) atoms. The summed E-state index contributed by atoms with van der Waals surface area (Å²) in [5.41, 5.74) is 0. The van der Waals surface area contributed by atoms with Gasteiger partial charge in [-0.2, -0.15) is 0 Å². The highest BCUT2D eigenvalue weighted by molar-refractivity contribution is 14.0. The van der Waals surface area contributed by atoms with Gasteiger partial charge in [0, 0.05) is 44.5 Å². The smallest absolute Gasteiger partial charge is 0.223 e. The van der Waals surface area contributed by atoms with Crippen LogP contribution in [0.2, 0.25) is 0 Å². The van der Waals surface area contributed by atoms with Gasteiger partial charge in [0.1, 0.15) is 0 Å². The molecule has 0 radical (unpaired) electrons. The van der Waals surface area contributed by atoms with Crippen LogP contribution in [0.15, 0.2) is 29.5 Å². The molecule has 1 aromatic rings. The largest absolute Gasteiger partial charge is 0.357 e. The van der Waals surface area contributed by atoms with E-state index in [1.54, 1.807) is 0 Å². The zero-order valence-electron chi connectivity index (χ0n) is 13.0. The molecule has 3 N–H and O–H groups in total. The topological polar surface area (TPSA) is 70.4 Å². The quantitative estimate of drug-likeness (QED) is 0.257. The number of carbonyl (C=O) groups is 1. The SMILES string of the molecule is CCNC(=NCCNC(=O)C1CC1)NCCn1cccc1.I. The highest BCUT2D eigenvalue weighted by Crippen LogP contribution is 2.28. The van der Waals surface area contributed by atoms with Crippen LogP contribution in [0.25, 0.3) is 0 Å². The average molecular weight is 419 g/mol. The van der Waals surface area contributed by atoms with Crippen LogP contribution in [-0.4, -0.2) is 42.6 Å². The van der Waals surface area contributed by atoms with Gasteiger partial charge >= 0.3 is 0 Å². The Bertz CT molecular complexity index is 457. The van der Waals surface area contributed by atoms with Crippen molar-refractivity contribution >= 4 is 35.8 Å². The second-order valence-electron chi connectivity index (χ2n) is 5.17. The molecule has 7 heteroatoms. The van der Waals surface area contributed by atoms with Gasteiger partial charge in [-0.3, -0.25) is 9.79 Å². The van der Waals surface area contributed by atoms with E-state index in [0.29, 0.717) is 13.1 Å². The van der Waals surface area contributed by atoms with Gasteiger partial charge in [-0.25, -0.2) is 0 Å². The minimum absolute atomic E-state index is 0. The second kappa shape index (κ2) is 10.5. The van der Waals surface area contributed by atoms with Crippen molar-refractivity contribution in [1.82, 2.24) is 20.5 Å². The van der Waals surface area contributed by atoms with E-state index in [2.05, 4.69) is 25.5 Å². The summed E-state index contributed by atoms with van der Waals surface area (Å²) in [5, 5.41) is 9.41. The predicted octanol–water partition coefficient (Wildman–Crippen LogP) is 1.19. The van der Waals surface area contributed by atoms with E-state index in [9.17, 15) is 4.79 Å². The van der Waals surface area contributed by atoms with Gasteiger partial charge < -0.3 is 20.5 Å². The highest BCUT2D eigenvalue weighted by Gasteiger charge is 2.28. The summed E-state index contributed by atoms with van der Waals surface area (Å²) >= 11 is 0. The minimum Gasteiger partial charge on any atom is -0.357 e. The normalized spacial score (nSPS) is 14.1. The van der Waals surface area contributed by atoms with E-state index >= 15 is 0 Å². The van der Waals surface area contributed by atoms with Crippen molar-refractivity contribution in [3.63, 3.8) is 0 Å². The molecule has 0 spiro atoms. The molecule has 124 valence electrons. The van der Waals surface area contributed by atoms with E-state index in [0.717, 1.165) is 38.4 Å². The maximum absolute atomic E-state index is 11.5. The summed E-state index contributed by atoms with van der Waals surface area (Å²) in [6.07, 6.45) is 6.16. The molecule has 1 aliphatic rings. The van der Waals surface area contributed by atoms with Crippen LogP contribution in [0, 0.1) is 5.92 Å². The zero-order chi connectivity index (χ0) is 14.9. The van der Waals surface area contributed by atoms with Crippen LogP contribution in [0.3, 0.4) is 0 Å². The molecule has 1 fully saturated rings. The molecular weight excluding hydrogens is 393 g/mol. The number of amides is 1. The fraction of sp³-hybridized carbons (Fsp3) is 0.600. The molecule has 6 nitrogen and oxygen atoms in total. The Labute approximate surface area is 149 Å². The first kappa shape index (κ1) is 18.8. The highest BCUT2D eigenvalue weighted by atomic mass is 127. The molecule has 1 saturated carbocycles. The van der Waals surface area contributed by atoms with Gasteiger partial charge in [-0.05, 0) is 31.9 Å². The van der Waals surface area contributed by atoms with Crippen molar-refractivity contribution in [3.8, 4) is 0 Å². The lowest BCUT2D eigenvalue weighted by Gasteiger charge is -2.12. The third-order valence-electron chi connectivity index (χ3n) is 3.30. The number of carbonyl (C=O) groups excluding carboxylic acids is 1. The molecular formula is C15H26IN5O. The second-order valence-corrected chi connectivity index (χ2v) is 5.17.